The SMILES string of the molecule is Cc1c(N)ncnc1Nc1ccc(F)c(Cl)c1. The van der Waals surface area contributed by atoms with E-state index in [1.54, 1.807) is 13.0 Å². The van der Waals surface area contributed by atoms with E-state index < -0.39 is 5.82 Å². The lowest BCUT2D eigenvalue weighted by Gasteiger charge is -2.09. The second kappa shape index (κ2) is 4.55. The van der Waals surface area contributed by atoms with Crippen LogP contribution in [0.1, 0.15) is 5.56 Å². The van der Waals surface area contributed by atoms with E-state index in [-0.39, 0.29) is 5.02 Å². The Bertz CT molecular complexity index is 559. The number of hydrogen-bond donors (Lipinski definition) is 2. The van der Waals surface area contributed by atoms with Gasteiger partial charge in [-0.25, -0.2) is 14.4 Å². The Morgan fingerprint density at radius 1 is 1.35 bits per heavy atom. The van der Waals surface area contributed by atoms with E-state index in [4.69, 9.17) is 17.3 Å². The second-order valence-corrected chi connectivity index (χ2v) is 3.89. The molecule has 4 nitrogen and oxygen atoms in total. The van der Waals surface area contributed by atoms with Crippen molar-refractivity contribution in [3.63, 3.8) is 0 Å². The lowest BCUT2D eigenvalue weighted by Crippen LogP contribution is -2.02. The van der Waals surface area contributed by atoms with Crippen LogP contribution in [0.15, 0.2) is 24.5 Å². The van der Waals surface area contributed by atoms with Crippen molar-refractivity contribution in [3.8, 4) is 0 Å². The van der Waals surface area contributed by atoms with Crippen LogP contribution < -0.4 is 11.1 Å². The fraction of sp³-hybridized carbons (Fsp3) is 0.0909. The van der Waals surface area contributed by atoms with E-state index >= 15 is 0 Å². The molecule has 6 heteroatoms. The van der Waals surface area contributed by atoms with Crippen LogP contribution in [0.4, 0.5) is 21.7 Å². The quantitative estimate of drug-likeness (QED) is 0.863. The maximum absolute atomic E-state index is 13.0. The summed E-state index contributed by atoms with van der Waals surface area (Å²) >= 11 is 5.68. The summed E-state index contributed by atoms with van der Waals surface area (Å²) in [7, 11) is 0. The fourth-order valence-corrected chi connectivity index (χ4v) is 1.48. The van der Waals surface area contributed by atoms with Gasteiger partial charge in [-0.2, -0.15) is 0 Å². The van der Waals surface area contributed by atoms with E-state index in [0.29, 0.717) is 17.3 Å². The van der Waals surface area contributed by atoms with Crippen LogP contribution in [0.5, 0.6) is 0 Å². The zero-order chi connectivity index (χ0) is 12.4. The number of benzene rings is 1. The molecule has 0 aliphatic rings. The molecule has 0 amide bonds. The van der Waals surface area contributed by atoms with Crippen LogP contribution in [0.25, 0.3) is 0 Å². The minimum Gasteiger partial charge on any atom is -0.383 e. The van der Waals surface area contributed by atoms with Gasteiger partial charge in [0.1, 0.15) is 23.8 Å². The highest BCUT2D eigenvalue weighted by Gasteiger charge is 2.06. The molecule has 1 aromatic carbocycles. The first-order valence-electron chi connectivity index (χ1n) is 4.87. The number of aromatic nitrogens is 2. The number of halogens is 2. The summed E-state index contributed by atoms with van der Waals surface area (Å²) in [6, 6.07) is 4.33. The predicted molar refractivity (Wildman–Crippen MR) is 65.9 cm³/mol. The van der Waals surface area contributed by atoms with E-state index in [0.717, 1.165) is 5.56 Å². The molecule has 0 saturated heterocycles. The van der Waals surface area contributed by atoms with Gasteiger partial charge in [-0.1, -0.05) is 11.6 Å². The second-order valence-electron chi connectivity index (χ2n) is 3.49. The molecule has 2 aromatic rings. The molecule has 88 valence electrons. The van der Waals surface area contributed by atoms with E-state index in [1.165, 1.54) is 18.5 Å². The molecule has 0 bridgehead atoms. The molecule has 0 saturated carbocycles. The normalized spacial score (nSPS) is 10.3. The van der Waals surface area contributed by atoms with Gasteiger partial charge in [-0.3, -0.25) is 0 Å². The molecule has 0 aliphatic heterocycles. The van der Waals surface area contributed by atoms with Crippen molar-refractivity contribution in [2.75, 3.05) is 11.1 Å². The number of nitrogens with two attached hydrogens (primary N) is 1. The number of nitrogens with one attached hydrogen (secondary N) is 1. The van der Waals surface area contributed by atoms with Gasteiger partial charge in [0.05, 0.1) is 5.02 Å². The average Bonchev–Trinajstić information content (AvgIpc) is 2.30. The number of hydrogen-bond acceptors (Lipinski definition) is 4. The summed E-state index contributed by atoms with van der Waals surface area (Å²) in [5.74, 6) is 0.507. The number of anilines is 3. The molecule has 0 unspecified atom stereocenters. The van der Waals surface area contributed by atoms with Crippen molar-refractivity contribution in [1.29, 1.82) is 0 Å². The third kappa shape index (κ3) is 2.45. The van der Waals surface area contributed by atoms with Gasteiger partial charge in [0.25, 0.3) is 0 Å². The van der Waals surface area contributed by atoms with Crippen molar-refractivity contribution in [3.05, 3.63) is 40.9 Å². The predicted octanol–water partition coefficient (Wildman–Crippen LogP) is 2.90. The summed E-state index contributed by atoms with van der Waals surface area (Å²) in [4.78, 5) is 7.90. The first-order chi connectivity index (χ1) is 8.08. The van der Waals surface area contributed by atoms with Crippen molar-refractivity contribution in [2.24, 2.45) is 0 Å². The van der Waals surface area contributed by atoms with Crippen molar-refractivity contribution >= 4 is 28.9 Å². The van der Waals surface area contributed by atoms with Crippen LogP contribution >= 0.6 is 11.6 Å². The molecule has 1 aromatic heterocycles. The first kappa shape index (κ1) is 11.6. The van der Waals surface area contributed by atoms with Crippen LogP contribution in [0.2, 0.25) is 5.02 Å². The molecule has 1 heterocycles. The molecule has 0 atom stereocenters. The maximum atomic E-state index is 13.0. The highest BCUT2D eigenvalue weighted by molar-refractivity contribution is 6.31. The monoisotopic (exact) mass is 252 g/mol. The van der Waals surface area contributed by atoms with Gasteiger partial charge in [0.2, 0.25) is 0 Å². The van der Waals surface area contributed by atoms with Crippen molar-refractivity contribution < 1.29 is 4.39 Å². The average molecular weight is 253 g/mol. The van der Waals surface area contributed by atoms with Crippen molar-refractivity contribution in [2.45, 2.75) is 6.92 Å². The molecular weight excluding hydrogens is 243 g/mol. The molecule has 3 N–H and O–H groups in total. The number of nitrogens with zero attached hydrogens (tertiary/aromatic N) is 2. The zero-order valence-corrected chi connectivity index (χ0v) is 9.79. The Kier molecular flexibility index (Phi) is 3.10. The summed E-state index contributed by atoms with van der Waals surface area (Å²) in [6.45, 7) is 1.79. The van der Waals surface area contributed by atoms with Crippen LogP contribution in [0, 0.1) is 12.7 Å². The van der Waals surface area contributed by atoms with E-state index in [9.17, 15) is 4.39 Å². The third-order valence-electron chi connectivity index (χ3n) is 2.31. The van der Waals surface area contributed by atoms with Gasteiger partial charge in [0.15, 0.2) is 0 Å². The lowest BCUT2D eigenvalue weighted by atomic mass is 10.2. The summed E-state index contributed by atoms with van der Waals surface area (Å²) in [6.07, 6.45) is 1.36. The highest BCUT2D eigenvalue weighted by atomic mass is 35.5. The highest BCUT2D eigenvalue weighted by Crippen LogP contribution is 2.24. The van der Waals surface area contributed by atoms with Crippen LogP contribution in [0.3, 0.4) is 0 Å². The molecule has 0 spiro atoms. The number of rotatable bonds is 2. The Morgan fingerprint density at radius 3 is 2.82 bits per heavy atom. The van der Waals surface area contributed by atoms with Gasteiger partial charge in [-0.05, 0) is 25.1 Å². The van der Waals surface area contributed by atoms with Crippen LogP contribution in [-0.4, -0.2) is 9.97 Å². The minimum absolute atomic E-state index is 0.0506. The largest absolute Gasteiger partial charge is 0.383 e. The maximum Gasteiger partial charge on any atom is 0.141 e. The van der Waals surface area contributed by atoms with Crippen LogP contribution in [-0.2, 0) is 0 Å². The Hall–Kier alpha value is -1.88. The first-order valence-corrected chi connectivity index (χ1v) is 5.25. The Labute approximate surface area is 103 Å². The molecule has 0 aliphatic carbocycles. The van der Waals surface area contributed by atoms with E-state index in [2.05, 4.69) is 15.3 Å². The van der Waals surface area contributed by atoms with Crippen molar-refractivity contribution in [1.82, 2.24) is 9.97 Å². The standard InChI is InChI=1S/C11H10ClFN4/c1-6-10(14)15-5-16-11(6)17-7-2-3-9(13)8(12)4-7/h2-5H,1H3,(H3,14,15,16,17). The zero-order valence-electron chi connectivity index (χ0n) is 9.04. The topological polar surface area (TPSA) is 63.8 Å². The summed E-state index contributed by atoms with van der Waals surface area (Å²) in [5, 5.41) is 3.05. The molecule has 17 heavy (non-hydrogen) atoms. The Morgan fingerprint density at radius 2 is 2.12 bits per heavy atom. The Balaban J connectivity index is 2.31. The summed E-state index contributed by atoms with van der Waals surface area (Å²) < 4.78 is 13.0. The lowest BCUT2D eigenvalue weighted by molar-refractivity contribution is 0.628. The third-order valence-corrected chi connectivity index (χ3v) is 2.60. The summed E-state index contributed by atoms with van der Waals surface area (Å²) in [5.41, 5.74) is 7.02. The smallest absolute Gasteiger partial charge is 0.141 e. The minimum atomic E-state index is -0.462. The fourth-order valence-electron chi connectivity index (χ4n) is 1.30. The van der Waals surface area contributed by atoms with Gasteiger partial charge in [-0.15, -0.1) is 0 Å². The molecule has 2 rings (SSSR count). The van der Waals surface area contributed by atoms with Gasteiger partial charge < -0.3 is 11.1 Å². The number of nitrogen functional groups attached to an aromatic ring is 1. The van der Waals surface area contributed by atoms with E-state index in [1.807, 2.05) is 0 Å². The molecular formula is C11H10ClFN4. The molecule has 0 fully saturated rings. The van der Waals surface area contributed by atoms with Gasteiger partial charge >= 0.3 is 0 Å². The molecule has 0 radical (unpaired) electrons. The van der Waals surface area contributed by atoms with Gasteiger partial charge in [0, 0.05) is 11.3 Å².